The van der Waals surface area contributed by atoms with Crippen molar-refractivity contribution in [2.45, 2.75) is 50.9 Å². The van der Waals surface area contributed by atoms with Gasteiger partial charge in [-0.05, 0) is 24.8 Å². The number of carbonyl (C=O) groups excluding carboxylic acids is 2. The van der Waals surface area contributed by atoms with Crippen LogP contribution in [0.5, 0.6) is 0 Å². The fourth-order valence-electron chi connectivity index (χ4n) is 3.39. The second-order valence-corrected chi connectivity index (χ2v) is 6.28. The van der Waals surface area contributed by atoms with Crippen molar-refractivity contribution in [2.75, 3.05) is 20.2 Å². The largest absolute Gasteiger partial charge is 0.468 e. The van der Waals surface area contributed by atoms with Gasteiger partial charge in [-0.1, -0.05) is 50.1 Å². The highest BCUT2D eigenvalue weighted by atomic mass is 16.5. The first-order chi connectivity index (χ1) is 11.1. The third kappa shape index (κ3) is 3.92. The topological polar surface area (TPSA) is 46.6 Å². The molecule has 23 heavy (non-hydrogen) atoms. The molecule has 4 heteroatoms. The number of benzene rings is 1. The van der Waals surface area contributed by atoms with Gasteiger partial charge in [-0.25, -0.2) is 0 Å². The lowest BCUT2D eigenvalue weighted by Crippen LogP contribution is -2.49. The van der Waals surface area contributed by atoms with Gasteiger partial charge in [-0.15, -0.1) is 0 Å². The number of ether oxygens (including phenoxy) is 1. The summed E-state index contributed by atoms with van der Waals surface area (Å²) in [5.74, 6) is 0.0201. The van der Waals surface area contributed by atoms with Crippen LogP contribution in [-0.2, 0) is 19.7 Å². The van der Waals surface area contributed by atoms with E-state index in [1.807, 2.05) is 35.2 Å². The molecule has 0 saturated carbocycles. The molecular weight excluding hydrogens is 290 g/mol. The van der Waals surface area contributed by atoms with Crippen LogP contribution >= 0.6 is 0 Å². The molecule has 0 bridgehead atoms. The highest BCUT2D eigenvalue weighted by Crippen LogP contribution is 2.37. The van der Waals surface area contributed by atoms with E-state index in [-0.39, 0.29) is 11.9 Å². The maximum Gasteiger partial charge on any atom is 0.316 e. The van der Waals surface area contributed by atoms with Gasteiger partial charge in [-0.2, -0.15) is 0 Å². The van der Waals surface area contributed by atoms with Gasteiger partial charge < -0.3 is 9.64 Å². The molecule has 4 nitrogen and oxygen atoms in total. The Balaban J connectivity index is 2.06. The summed E-state index contributed by atoms with van der Waals surface area (Å²) in [6.45, 7) is 3.37. The third-order valence-electron chi connectivity index (χ3n) is 4.87. The summed E-state index contributed by atoms with van der Waals surface area (Å²) in [6, 6.07) is 9.80. The second kappa shape index (κ2) is 8.14. The lowest BCUT2D eigenvalue weighted by atomic mass is 9.72. The highest BCUT2D eigenvalue weighted by Gasteiger charge is 2.44. The normalized spacial score (nSPS) is 16.9. The van der Waals surface area contributed by atoms with Crippen LogP contribution in [0.4, 0.5) is 0 Å². The van der Waals surface area contributed by atoms with Crippen LogP contribution in [0.3, 0.4) is 0 Å². The van der Waals surface area contributed by atoms with Crippen molar-refractivity contribution < 1.29 is 14.3 Å². The summed E-state index contributed by atoms with van der Waals surface area (Å²) >= 11 is 0. The molecule has 0 aliphatic carbocycles. The van der Waals surface area contributed by atoms with Gasteiger partial charge in [0.2, 0.25) is 5.91 Å². The van der Waals surface area contributed by atoms with Gasteiger partial charge in [-0.3, -0.25) is 9.59 Å². The SMILES string of the molecule is CCCCCC(=O)N1CCC(C(=O)OC)(c2ccccc2)CC1. The number of amides is 1. The lowest BCUT2D eigenvalue weighted by Gasteiger charge is -2.40. The number of hydrogen-bond acceptors (Lipinski definition) is 3. The van der Waals surface area contributed by atoms with Gasteiger partial charge >= 0.3 is 5.97 Å². The van der Waals surface area contributed by atoms with Crippen molar-refractivity contribution in [3.05, 3.63) is 35.9 Å². The van der Waals surface area contributed by atoms with Crippen molar-refractivity contribution >= 4 is 11.9 Å². The molecule has 126 valence electrons. The van der Waals surface area contributed by atoms with Gasteiger partial charge in [0.25, 0.3) is 0 Å². The maximum absolute atomic E-state index is 12.5. The summed E-state index contributed by atoms with van der Waals surface area (Å²) in [4.78, 5) is 26.6. The Labute approximate surface area is 138 Å². The Morgan fingerprint density at radius 2 is 1.78 bits per heavy atom. The van der Waals surface area contributed by atoms with E-state index in [0.29, 0.717) is 32.4 Å². The Morgan fingerprint density at radius 1 is 1.13 bits per heavy atom. The first-order valence-corrected chi connectivity index (χ1v) is 8.56. The van der Waals surface area contributed by atoms with Crippen LogP contribution in [0.2, 0.25) is 0 Å². The molecule has 2 rings (SSSR count). The standard InChI is InChI=1S/C19H27NO3/c1-3-4-6-11-17(21)20-14-12-19(13-15-20,18(22)23-2)16-9-7-5-8-10-16/h5,7-10H,3-4,6,11-15H2,1-2H3. The molecule has 1 aromatic carbocycles. The molecule has 1 aliphatic rings. The van der Waals surface area contributed by atoms with E-state index in [0.717, 1.165) is 24.8 Å². The molecule has 1 aliphatic heterocycles. The predicted molar refractivity (Wildman–Crippen MR) is 90.1 cm³/mol. The Morgan fingerprint density at radius 3 is 2.35 bits per heavy atom. The van der Waals surface area contributed by atoms with Gasteiger partial charge in [0.1, 0.15) is 0 Å². The number of esters is 1. The zero-order chi connectivity index (χ0) is 16.7. The molecule has 0 aromatic heterocycles. The van der Waals surface area contributed by atoms with E-state index in [1.165, 1.54) is 7.11 Å². The fraction of sp³-hybridized carbons (Fsp3) is 0.579. The van der Waals surface area contributed by atoms with Crippen LogP contribution < -0.4 is 0 Å². The predicted octanol–water partition coefficient (Wildman–Crippen LogP) is 3.30. The van der Waals surface area contributed by atoms with Gasteiger partial charge in [0.05, 0.1) is 12.5 Å². The van der Waals surface area contributed by atoms with Crippen LogP contribution in [0, 0.1) is 0 Å². The maximum atomic E-state index is 12.5. The summed E-state index contributed by atoms with van der Waals surface area (Å²) in [6.07, 6.45) is 5.03. The summed E-state index contributed by atoms with van der Waals surface area (Å²) in [7, 11) is 1.44. The van der Waals surface area contributed by atoms with Crippen molar-refractivity contribution in [3.8, 4) is 0 Å². The smallest absolute Gasteiger partial charge is 0.316 e. The highest BCUT2D eigenvalue weighted by molar-refractivity contribution is 5.84. The number of likely N-dealkylation sites (tertiary alicyclic amines) is 1. The second-order valence-electron chi connectivity index (χ2n) is 6.28. The van der Waals surface area contributed by atoms with Crippen molar-refractivity contribution in [1.82, 2.24) is 4.90 Å². The quantitative estimate of drug-likeness (QED) is 0.597. The summed E-state index contributed by atoms with van der Waals surface area (Å²) in [5, 5.41) is 0. The number of unbranched alkanes of at least 4 members (excludes halogenated alkanes) is 2. The number of methoxy groups -OCH3 is 1. The average Bonchev–Trinajstić information content (AvgIpc) is 2.62. The first-order valence-electron chi connectivity index (χ1n) is 8.56. The molecule has 1 heterocycles. The average molecular weight is 317 g/mol. The van der Waals surface area contributed by atoms with E-state index in [4.69, 9.17) is 4.74 Å². The van der Waals surface area contributed by atoms with E-state index in [9.17, 15) is 9.59 Å². The fourth-order valence-corrected chi connectivity index (χ4v) is 3.39. The number of piperidine rings is 1. The van der Waals surface area contributed by atoms with Crippen LogP contribution in [0.15, 0.2) is 30.3 Å². The van der Waals surface area contributed by atoms with E-state index in [1.54, 1.807) is 0 Å². The molecular formula is C19H27NO3. The molecule has 0 radical (unpaired) electrons. The molecule has 0 spiro atoms. The van der Waals surface area contributed by atoms with Gasteiger partial charge in [0, 0.05) is 19.5 Å². The van der Waals surface area contributed by atoms with Crippen LogP contribution in [0.1, 0.15) is 51.0 Å². The Kier molecular flexibility index (Phi) is 6.20. The number of nitrogens with zero attached hydrogens (tertiary/aromatic N) is 1. The molecule has 1 amide bonds. The van der Waals surface area contributed by atoms with Crippen molar-refractivity contribution in [1.29, 1.82) is 0 Å². The molecule has 0 atom stereocenters. The minimum Gasteiger partial charge on any atom is -0.468 e. The van der Waals surface area contributed by atoms with E-state index >= 15 is 0 Å². The molecule has 0 unspecified atom stereocenters. The van der Waals surface area contributed by atoms with Crippen molar-refractivity contribution in [2.24, 2.45) is 0 Å². The molecule has 1 aromatic rings. The number of rotatable bonds is 6. The van der Waals surface area contributed by atoms with Crippen molar-refractivity contribution in [3.63, 3.8) is 0 Å². The summed E-state index contributed by atoms with van der Waals surface area (Å²) in [5.41, 5.74) is 0.376. The minimum atomic E-state index is -0.615. The van der Waals surface area contributed by atoms with Crippen LogP contribution in [-0.4, -0.2) is 37.0 Å². The number of carbonyl (C=O) groups is 2. The van der Waals surface area contributed by atoms with Crippen LogP contribution in [0.25, 0.3) is 0 Å². The Hall–Kier alpha value is -1.84. The van der Waals surface area contributed by atoms with Gasteiger partial charge in [0.15, 0.2) is 0 Å². The Bertz CT molecular complexity index is 519. The first kappa shape index (κ1) is 17.5. The molecule has 1 saturated heterocycles. The van der Waals surface area contributed by atoms with E-state index < -0.39 is 5.41 Å². The minimum absolute atomic E-state index is 0.193. The monoisotopic (exact) mass is 317 g/mol. The zero-order valence-corrected chi connectivity index (χ0v) is 14.2. The zero-order valence-electron chi connectivity index (χ0n) is 14.2. The number of hydrogen-bond donors (Lipinski definition) is 0. The lowest BCUT2D eigenvalue weighted by molar-refractivity contribution is -0.151. The molecule has 1 fully saturated rings. The summed E-state index contributed by atoms with van der Waals surface area (Å²) < 4.78 is 5.08. The third-order valence-corrected chi connectivity index (χ3v) is 4.87. The van der Waals surface area contributed by atoms with E-state index in [2.05, 4.69) is 6.92 Å². The molecule has 0 N–H and O–H groups in total.